The van der Waals surface area contributed by atoms with Gasteiger partial charge >= 0.3 is 0 Å². The molecule has 0 radical (unpaired) electrons. The zero-order valence-electron chi connectivity index (χ0n) is 14.1. The number of benzene rings is 1. The molecule has 3 rings (SSSR count). The van der Waals surface area contributed by atoms with Gasteiger partial charge in [-0.3, -0.25) is 4.79 Å². The van der Waals surface area contributed by atoms with E-state index < -0.39 is 16.1 Å². The van der Waals surface area contributed by atoms with Gasteiger partial charge in [0.05, 0.1) is 12.8 Å². The number of hydrogen-bond donors (Lipinski definition) is 1. The highest BCUT2D eigenvalue weighted by Gasteiger charge is 2.40. The molecular weight excluding hydrogens is 360 g/mol. The lowest BCUT2D eigenvalue weighted by molar-refractivity contribution is -0.119. The Morgan fingerprint density at radius 2 is 2.16 bits per heavy atom. The lowest BCUT2D eigenvalue weighted by atomic mass is 10.1. The maximum Gasteiger partial charge on any atom is 0.253 e. The van der Waals surface area contributed by atoms with Crippen LogP contribution in [0.4, 0.5) is 5.69 Å². The molecule has 1 N–H and O–H groups in total. The van der Waals surface area contributed by atoms with E-state index in [1.54, 1.807) is 23.6 Å². The second kappa shape index (κ2) is 7.15. The molecule has 0 aliphatic carbocycles. The smallest absolute Gasteiger partial charge is 0.253 e. The monoisotopic (exact) mass is 380 g/mol. The maximum absolute atomic E-state index is 12.8. The van der Waals surface area contributed by atoms with Gasteiger partial charge in [-0.05, 0) is 48.9 Å². The lowest BCUT2D eigenvalue weighted by Gasteiger charge is -2.23. The van der Waals surface area contributed by atoms with Crippen molar-refractivity contribution in [2.75, 3.05) is 19.0 Å². The van der Waals surface area contributed by atoms with Crippen molar-refractivity contribution in [3.63, 3.8) is 0 Å². The van der Waals surface area contributed by atoms with Crippen LogP contribution >= 0.6 is 11.3 Å². The number of aryl methyl sites for hydroxylation is 1. The number of hydrogen-bond acceptors (Lipinski definition) is 5. The first kappa shape index (κ1) is 17.9. The van der Waals surface area contributed by atoms with Gasteiger partial charge in [0.2, 0.25) is 5.91 Å². The molecule has 1 aromatic heterocycles. The maximum atomic E-state index is 12.8. The van der Waals surface area contributed by atoms with Gasteiger partial charge in [0.15, 0.2) is 0 Å². The van der Waals surface area contributed by atoms with Crippen molar-refractivity contribution < 1.29 is 17.9 Å². The summed E-state index contributed by atoms with van der Waals surface area (Å²) in [6.07, 6.45) is 1.16. The number of sulfonamides is 1. The van der Waals surface area contributed by atoms with Crippen molar-refractivity contribution in [3.8, 4) is 5.75 Å². The zero-order valence-corrected chi connectivity index (χ0v) is 15.7. The molecule has 6 nitrogen and oxygen atoms in total. The van der Waals surface area contributed by atoms with Crippen LogP contribution in [0.3, 0.4) is 0 Å². The minimum atomic E-state index is -3.65. The first-order valence-electron chi connectivity index (χ1n) is 7.94. The molecule has 1 aliphatic heterocycles. The van der Waals surface area contributed by atoms with Crippen LogP contribution in [0.2, 0.25) is 0 Å². The van der Waals surface area contributed by atoms with Gasteiger partial charge in [-0.15, -0.1) is 11.3 Å². The summed E-state index contributed by atoms with van der Waals surface area (Å²) in [6, 6.07) is 8.02. The summed E-state index contributed by atoms with van der Waals surface area (Å²) in [7, 11) is -2.11. The molecule has 0 bridgehead atoms. The van der Waals surface area contributed by atoms with Crippen LogP contribution in [-0.2, 0) is 14.8 Å². The molecule has 1 fully saturated rings. The first-order valence-corrected chi connectivity index (χ1v) is 10.3. The van der Waals surface area contributed by atoms with E-state index in [1.165, 1.54) is 11.4 Å². The fraction of sp³-hybridized carbons (Fsp3) is 0.353. The average molecular weight is 380 g/mol. The molecule has 1 atom stereocenters. The average Bonchev–Trinajstić information content (AvgIpc) is 3.27. The Hall–Kier alpha value is -1.90. The van der Waals surface area contributed by atoms with E-state index in [0.29, 0.717) is 30.8 Å². The fourth-order valence-electron chi connectivity index (χ4n) is 2.95. The molecule has 134 valence electrons. The van der Waals surface area contributed by atoms with Crippen molar-refractivity contribution in [2.24, 2.45) is 0 Å². The van der Waals surface area contributed by atoms with Crippen LogP contribution in [0.1, 0.15) is 18.4 Å². The predicted molar refractivity (Wildman–Crippen MR) is 97.6 cm³/mol. The Bertz CT molecular complexity index is 863. The molecule has 2 heterocycles. The number of amides is 1. The lowest BCUT2D eigenvalue weighted by Crippen LogP contribution is -2.42. The molecule has 0 spiro atoms. The van der Waals surface area contributed by atoms with Gasteiger partial charge in [-0.25, -0.2) is 8.42 Å². The number of carbonyl (C=O) groups is 1. The van der Waals surface area contributed by atoms with E-state index >= 15 is 0 Å². The van der Waals surface area contributed by atoms with Crippen molar-refractivity contribution >= 4 is 33.0 Å². The standard InChI is InChI=1S/C17H20N2O4S2/c1-12-7-8-15(23-2)13(11-12)18-17(20)14-5-3-9-19(14)25(21,22)16-6-4-10-24-16/h4,6-8,10-11,14H,3,5,9H2,1-2H3,(H,18,20). The van der Waals surface area contributed by atoms with Crippen LogP contribution in [0.5, 0.6) is 5.75 Å². The number of rotatable bonds is 5. The first-order chi connectivity index (χ1) is 11.9. The molecule has 0 saturated carbocycles. The number of carbonyl (C=O) groups excluding carboxylic acids is 1. The van der Waals surface area contributed by atoms with Gasteiger partial charge in [-0.1, -0.05) is 12.1 Å². The summed E-state index contributed by atoms with van der Waals surface area (Å²) in [6.45, 7) is 2.27. The Kier molecular flexibility index (Phi) is 5.12. The molecule has 1 saturated heterocycles. The van der Waals surface area contributed by atoms with Gasteiger partial charge in [0, 0.05) is 6.54 Å². The molecule has 1 unspecified atom stereocenters. The van der Waals surface area contributed by atoms with E-state index in [0.717, 1.165) is 16.9 Å². The van der Waals surface area contributed by atoms with Crippen LogP contribution in [0.25, 0.3) is 0 Å². The summed E-state index contributed by atoms with van der Waals surface area (Å²) >= 11 is 1.16. The second-order valence-electron chi connectivity index (χ2n) is 5.90. The molecule has 25 heavy (non-hydrogen) atoms. The molecule has 8 heteroatoms. The molecule has 1 aromatic carbocycles. The van der Waals surface area contributed by atoms with Gasteiger partial charge < -0.3 is 10.1 Å². The van der Waals surface area contributed by atoms with Crippen LogP contribution in [-0.4, -0.2) is 38.3 Å². The quantitative estimate of drug-likeness (QED) is 0.865. The predicted octanol–water partition coefficient (Wildman–Crippen LogP) is 2.86. The van der Waals surface area contributed by atoms with Crippen molar-refractivity contribution in [3.05, 3.63) is 41.3 Å². The largest absolute Gasteiger partial charge is 0.495 e. The van der Waals surface area contributed by atoms with Gasteiger partial charge in [0.1, 0.15) is 16.0 Å². The number of thiophene rings is 1. The molecule has 1 aliphatic rings. The Morgan fingerprint density at radius 3 is 2.84 bits per heavy atom. The van der Waals surface area contributed by atoms with E-state index in [9.17, 15) is 13.2 Å². The fourth-order valence-corrected chi connectivity index (χ4v) is 5.73. The minimum Gasteiger partial charge on any atom is -0.495 e. The number of nitrogens with zero attached hydrogens (tertiary/aromatic N) is 1. The number of ether oxygens (including phenoxy) is 1. The highest BCUT2D eigenvalue weighted by atomic mass is 32.2. The Balaban J connectivity index is 1.84. The van der Waals surface area contributed by atoms with Gasteiger partial charge in [0.25, 0.3) is 10.0 Å². The third-order valence-electron chi connectivity index (χ3n) is 4.18. The third kappa shape index (κ3) is 3.56. The second-order valence-corrected chi connectivity index (χ2v) is 8.96. The van der Waals surface area contributed by atoms with Gasteiger partial charge in [-0.2, -0.15) is 4.31 Å². The summed E-state index contributed by atoms with van der Waals surface area (Å²) in [5.41, 5.74) is 1.53. The van der Waals surface area contributed by atoms with Crippen LogP contribution in [0, 0.1) is 6.92 Å². The topological polar surface area (TPSA) is 75.7 Å². The Morgan fingerprint density at radius 1 is 1.36 bits per heavy atom. The van der Waals surface area contributed by atoms with E-state index in [2.05, 4.69) is 5.32 Å². The molecular formula is C17H20N2O4S2. The van der Waals surface area contributed by atoms with Crippen LogP contribution in [0.15, 0.2) is 39.9 Å². The Labute approximate surface area is 151 Å². The minimum absolute atomic E-state index is 0.264. The molecule has 1 amide bonds. The number of nitrogens with one attached hydrogen (secondary N) is 1. The third-order valence-corrected chi connectivity index (χ3v) is 7.46. The van der Waals surface area contributed by atoms with E-state index in [1.807, 2.05) is 19.1 Å². The summed E-state index contributed by atoms with van der Waals surface area (Å²) in [5.74, 6) is 0.214. The number of anilines is 1. The van der Waals surface area contributed by atoms with E-state index in [4.69, 9.17) is 4.74 Å². The van der Waals surface area contributed by atoms with Crippen molar-refractivity contribution in [1.82, 2.24) is 4.31 Å². The van der Waals surface area contributed by atoms with E-state index in [-0.39, 0.29) is 10.1 Å². The molecule has 2 aromatic rings. The van der Waals surface area contributed by atoms with Crippen molar-refractivity contribution in [1.29, 1.82) is 0 Å². The van der Waals surface area contributed by atoms with Crippen LogP contribution < -0.4 is 10.1 Å². The normalized spacial score (nSPS) is 18.2. The summed E-state index contributed by atoms with van der Waals surface area (Å²) in [5, 5.41) is 4.54. The summed E-state index contributed by atoms with van der Waals surface area (Å²) < 4.78 is 32.4. The van der Waals surface area contributed by atoms with Crippen molar-refractivity contribution in [2.45, 2.75) is 30.0 Å². The summed E-state index contributed by atoms with van der Waals surface area (Å²) in [4.78, 5) is 12.8. The highest BCUT2D eigenvalue weighted by molar-refractivity contribution is 7.91. The SMILES string of the molecule is COc1ccc(C)cc1NC(=O)C1CCCN1S(=O)(=O)c1cccs1. The zero-order chi connectivity index (χ0) is 18.0. The highest BCUT2D eigenvalue weighted by Crippen LogP contribution is 2.31. The number of methoxy groups -OCH3 is 1.